The molecule has 0 aliphatic carbocycles. The normalized spacial score (nSPS) is 11.9. The van der Waals surface area contributed by atoms with Gasteiger partial charge in [-0.3, -0.25) is 4.79 Å². The fraction of sp³-hybridized carbons (Fsp3) is 0.333. The van der Waals surface area contributed by atoms with Crippen LogP contribution in [-0.4, -0.2) is 35.0 Å². The Morgan fingerprint density at radius 2 is 2.21 bits per heavy atom. The molecular weight excluding hydrogens is 271 g/mol. The van der Waals surface area contributed by atoms with Crippen molar-refractivity contribution in [1.82, 2.24) is 0 Å². The number of nitrogens with two attached hydrogens (primary N) is 1. The number of carbonyl (C=O) groups excluding carboxylic acids is 1. The smallest absolute Gasteiger partial charge is 0.338 e. The highest BCUT2D eigenvalue weighted by Gasteiger charge is 2.15. The van der Waals surface area contributed by atoms with Gasteiger partial charge in [0.05, 0.1) is 11.6 Å². The highest BCUT2D eigenvalue weighted by Crippen LogP contribution is 2.15. The van der Waals surface area contributed by atoms with E-state index in [4.69, 9.17) is 10.8 Å². The first-order chi connectivity index (χ1) is 8.95. The summed E-state index contributed by atoms with van der Waals surface area (Å²) in [4.78, 5) is 22.5. The van der Waals surface area contributed by atoms with Crippen LogP contribution >= 0.6 is 11.8 Å². The fourth-order valence-electron chi connectivity index (χ4n) is 1.38. The third kappa shape index (κ3) is 4.53. The fourth-order valence-corrected chi connectivity index (χ4v) is 1.87. The molecule has 7 heteroatoms. The van der Waals surface area contributed by atoms with E-state index in [0.717, 1.165) is 17.9 Å². The van der Waals surface area contributed by atoms with Crippen LogP contribution in [0, 0.1) is 5.82 Å². The van der Waals surface area contributed by atoms with Crippen LogP contribution in [0.15, 0.2) is 18.2 Å². The summed E-state index contributed by atoms with van der Waals surface area (Å²) in [5.74, 6) is -1.91. The molecule has 0 saturated carbocycles. The van der Waals surface area contributed by atoms with E-state index in [2.05, 4.69) is 5.32 Å². The molecule has 1 atom stereocenters. The van der Waals surface area contributed by atoms with Crippen molar-refractivity contribution in [2.24, 2.45) is 5.73 Å². The molecule has 0 unspecified atom stereocenters. The molecular formula is C12H15FN2O3S. The van der Waals surface area contributed by atoms with Crippen molar-refractivity contribution >= 4 is 29.3 Å². The highest BCUT2D eigenvalue weighted by atomic mass is 32.2. The van der Waals surface area contributed by atoms with E-state index >= 15 is 0 Å². The van der Waals surface area contributed by atoms with E-state index in [-0.39, 0.29) is 5.69 Å². The number of benzene rings is 1. The van der Waals surface area contributed by atoms with Gasteiger partial charge in [0.1, 0.15) is 5.82 Å². The maximum Gasteiger partial charge on any atom is 0.338 e. The first-order valence-electron chi connectivity index (χ1n) is 5.54. The molecule has 0 spiro atoms. The number of anilines is 1. The molecule has 1 rings (SSSR count). The Bertz CT molecular complexity index is 482. The SMILES string of the molecule is CSCC[C@@H](N)C(=O)Nc1ccc(F)c(C(=O)O)c1. The summed E-state index contributed by atoms with van der Waals surface area (Å²) in [6, 6.07) is 2.68. The maximum atomic E-state index is 13.2. The molecule has 0 aliphatic heterocycles. The summed E-state index contributed by atoms with van der Waals surface area (Å²) in [6.45, 7) is 0. The molecule has 0 saturated heterocycles. The van der Waals surface area contributed by atoms with Gasteiger partial charge in [-0.1, -0.05) is 0 Å². The van der Waals surface area contributed by atoms with Crippen LogP contribution in [0.25, 0.3) is 0 Å². The van der Waals surface area contributed by atoms with Crippen molar-refractivity contribution < 1.29 is 19.1 Å². The molecule has 1 aromatic carbocycles. The van der Waals surface area contributed by atoms with Crippen LogP contribution in [-0.2, 0) is 4.79 Å². The third-order valence-electron chi connectivity index (χ3n) is 2.43. The maximum absolute atomic E-state index is 13.2. The Kier molecular flexibility index (Phi) is 5.78. The van der Waals surface area contributed by atoms with E-state index in [1.54, 1.807) is 11.8 Å². The third-order valence-corrected chi connectivity index (χ3v) is 3.08. The van der Waals surface area contributed by atoms with Gasteiger partial charge in [-0.2, -0.15) is 11.8 Å². The summed E-state index contributed by atoms with van der Waals surface area (Å²) in [5.41, 5.74) is 5.38. The van der Waals surface area contributed by atoms with Crippen LogP contribution in [0.4, 0.5) is 10.1 Å². The van der Waals surface area contributed by atoms with Gasteiger partial charge in [0, 0.05) is 5.69 Å². The van der Waals surface area contributed by atoms with E-state index in [9.17, 15) is 14.0 Å². The lowest BCUT2D eigenvalue weighted by Gasteiger charge is -2.12. The molecule has 19 heavy (non-hydrogen) atoms. The lowest BCUT2D eigenvalue weighted by atomic mass is 10.1. The second kappa shape index (κ2) is 7.10. The van der Waals surface area contributed by atoms with Gasteiger partial charge in [-0.25, -0.2) is 9.18 Å². The molecule has 0 aliphatic rings. The molecule has 0 heterocycles. The number of hydrogen-bond donors (Lipinski definition) is 3. The quantitative estimate of drug-likeness (QED) is 0.737. The standard InChI is InChI=1S/C12H15FN2O3S/c1-19-5-4-10(14)11(16)15-7-2-3-9(13)8(6-7)12(17)18/h2-3,6,10H,4-5,14H2,1H3,(H,15,16)(H,17,18)/t10-/m1/s1. The highest BCUT2D eigenvalue weighted by molar-refractivity contribution is 7.98. The van der Waals surface area contributed by atoms with E-state index in [1.165, 1.54) is 6.07 Å². The second-order valence-electron chi connectivity index (χ2n) is 3.88. The molecule has 1 amide bonds. The van der Waals surface area contributed by atoms with Gasteiger partial charge >= 0.3 is 5.97 Å². The Morgan fingerprint density at radius 1 is 1.53 bits per heavy atom. The topological polar surface area (TPSA) is 92.4 Å². The minimum absolute atomic E-state index is 0.211. The van der Waals surface area contributed by atoms with Crippen molar-refractivity contribution in [3.05, 3.63) is 29.6 Å². The summed E-state index contributed by atoms with van der Waals surface area (Å²) >= 11 is 1.57. The van der Waals surface area contributed by atoms with Gasteiger partial charge in [0.2, 0.25) is 5.91 Å². The van der Waals surface area contributed by atoms with Crippen molar-refractivity contribution in [3.63, 3.8) is 0 Å². The molecule has 0 fully saturated rings. The zero-order chi connectivity index (χ0) is 14.4. The van der Waals surface area contributed by atoms with E-state index in [1.807, 2.05) is 6.26 Å². The number of carboxylic acid groups (broad SMARTS) is 1. The monoisotopic (exact) mass is 286 g/mol. The summed E-state index contributed by atoms with van der Waals surface area (Å²) < 4.78 is 13.2. The zero-order valence-electron chi connectivity index (χ0n) is 10.4. The average Bonchev–Trinajstić information content (AvgIpc) is 2.37. The van der Waals surface area contributed by atoms with Crippen molar-refractivity contribution in [3.8, 4) is 0 Å². The number of halogens is 1. The lowest BCUT2D eigenvalue weighted by molar-refractivity contribution is -0.117. The number of rotatable bonds is 6. The predicted molar refractivity (Wildman–Crippen MR) is 73.0 cm³/mol. The molecule has 4 N–H and O–H groups in total. The number of amides is 1. The number of aromatic carboxylic acids is 1. The van der Waals surface area contributed by atoms with Crippen molar-refractivity contribution in [2.45, 2.75) is 12.5 Å². The Morgan fingerprint density at radius 3 is 2.79 bits per heavy atom. The predicted octanol–water partition coefficient (Wildman–Crippen LogP) is 1.54. The van der Waals surface area contributed by atoms with Gasteiger partial charge in [0.15, 0.2) is 0 Å². The van der Waals surface area contributed by atoms with Crippen LogP contribution in [0.2, 0.25) is 0 Å². The lowest BCUT2D eigenvalue weighted by Crippen LogP contribution is -2.36. The summed E-state index contributed by atoms with van der Waals surface area (Å²) in [6.07, 6.45) is 2.42. The zero-order valence-corrected chi connectivity index (χ0v) is 11.2. The number of hydrogen-bond acceptors (Lipinski definition) is 4. The molecule has 5 nitrogen and oxygen atoms in total. The molecule has 0 aromatic heterocycles. The van der Waals surface area contributed by atoms with Crippen LogP contribution < -0.4 is 11.1 Å². The van der Waals surface area contributed by atoms with E-state index in [0.29, 0.717) is 6.42 Å². The number of carboxylic acids is 1. The largest absolute Gasteiger partial charge is 0.478 e. The van der Waals surface area contributed by atoms with E-state index < -0.39 is 29.3 Å². The Balaban J connectivity index is 2.74. The number of nitrogens with one attached hydrogen (secondary N) is 1. The number of thioether (sulfide) groups is 1. The Hall–Kier alpha value is -1.60. The van der Waals surface area contributed by atoms with Crippen LogP contribution in [0.3, 0.4) is 0 Å². The average molecular weight is 286 g/mol. The first kappa shape index (κ1) is 15.5. The van der Waals surface area contributed by atoms with Gasteiger partial charge in [0.25, 0.3) is 0 Å². The molecule has 104 valence electrons. The van der Waals surface area contributed by atoms with Gasteiger partial charge in [-0.15, -0.1) is 0 Å². The minimum Gasteiger partial charge on any atom is -0.478 e. The summed E-state index contributed by atoms with van der Waals surface area (Å²) in [5, 5.41) is 11.2. The Labute approximate surface area is 114 Å². The minimum atomic E-state index is -1.39. The number of carbonyl (C=O) groups is 2. The molecule has 1 aromatic rings. The molecule has 0 bridgehead atoms. The van der Waals surface area contributed by atoms with Crippen LogP contribution in [0.5, 0.6) is 0 Å². The summed E-state index contributed by atoms with van der Waals surface area (Å²) in [7, 11) is 0. The van der Waals surface area contributed by atoms with Gasteiger partial charge in [-0.05, 0) is 36.6 Å². The van der Waals surface area contributed by atoms with Crippen LogP contribution in [0.1, 0.15) is 16.8 Å². The van der Waals surface area contributed by atoms with Gasteiger partial charge < -0.3 is 16.2 Å². The second-order valence-corrected chi connectivity index (χ2v) is 4.86. The van der Waals surface area contributed by atoms with Crippen molar-refractivity contribution in [2.75, 3.05) is 17.3 Å². The molecule has 0 radical (unpaired) electrons. The van der Waals surface area contributed by atoms with Crippen molar-refractivity contribution in [1.29, 1.82) is 0 Å². The first-order valence-corrected chi connectivity index (χ1v) is 6.93.